The number of piperazine rings is 1. The van der Waals surface area contributed by atoms with Gasteiger partial charge in [-0.25, -0.2) is 17.8 Å². The molecule has 0 saturated carbocycles. The molecule has 1 fully saturated rings. The minimum Gasteiger partial charge on any atom is -0.344 e. The molecule has 27 heavy (non-hydrogen) atoms. The predicted octanol–water partition coefficient (Wildman–Crippen LogP) is 2.28. The van der Waals surface area contributed by atoms with Crippen molar-refractivity contribution in [3.63, 3.8) is 0 Å². The molecule has 1 aliphatic rings. The van der Waals surface area contributed by atoms with E-state index in [4.69, 9.17) is 0 Å². The first-order valence-electron chi connectivity index (χ1n) is 7.99. The number of nitrogens with zero attached hydrogens (tertiary/aromatic N) is 4. The van der Waals surface area contributed by atoms with E-state index in [1.165, 1.54) is 12.1 Å². The molecule has 2 heterocycles. The molecular formula is C15H16F4N4O2S2. The summed E-state index contributed by atoms with van der Waals surface area (Å²) in [5, 5.41) is 0.583. The van der Waals surface area contributed by atoms with Crippen molar-refractivity contribution in [3.8, 4) is 0 Å². The molecule has 1 saturated heterocycles. The van der Waals surface area contributed by atoms with Gasteiger partial charge in [-0.1, -0.05) is 12.1 Å². The third-order valence-electron chi connectivity index (χ3n) is 3.98. The van der Waals surface area contributed by atoms with Gasteiger partial charge in [-0.3, -0.25) is 0 Å². The summed E-state index contributed by atoms with van der Waals surface area (Å²) in [6.07, 6.45) is -4.33. The van der Waals surface area contributed by atoms with Crippen LogP contribution in [0.3, 0.4) is 0 Å². The normalized spacial score (nSPS) is 16.7. The van der Waals surface area contributed by atoms with Crippen molar-refractivity contribution in [2.45, 2.75) is 12.6 Å². The molecule has 0 N–H and O–H groups in total. The molecule has 148 valence electrons. The van der Waals surface area contributed by atoms with Crippen molar-refractivity contribution < 1.29 is 26.0 Å². The highest BCUT2D eigenvalue weighted by atomic mass is 32.2. The fourth-order valence-corrected chi connectivity index (χ4v) is 4.74. The maximum Gasteiger partial charge on any atom is 0.404 e. The highest BCUT2D eigenvalue weighted by molar-refractivity contribution is 7.89. The summed E-state index contributed by atoms with van der Waals surface area (Å²) in [7, 11) is -4.37. The summed E-state index contributed by atoms with van der Waals surface area (Å²) < 4.78 is 78.8. The molecule has 0 spiro atoms. The summed E-state index contributed by atoms with van der Waals surface area (Å²) in [5.41, 5.74) is 0.851. The lowest BCUT2D eigenvalue weighted by Crippen LogP contribution is -2.50. The Hall–Kier alpha value is -1.79. The predicted molar refractivity (Wildman–Crippen MR) is 92.7 cm³/mol. The zero-order valence-corrected chi connectivity index (χ0v) is 15.6. The number of halogens is 4. The van der Waals surface area contributed by atoms with Crippen LogP contribution in [-0.4, -0.2) is 60.2 Å². The number of sulfonamides is 1. The van der Waals surface area contributed by atoms with Gasteiger partial charge in [0.1, 0.15) is 11.6 Å². The van der Waals surface area contributed by atoms with E-state index < -0.39 is 22.0 Å². The van der Waals surface area contributed by atoms with Crippen molar-refractivity contribution in [2.75, 3.05) is 36.8 Å². The molecule has 1 aliphatic heterocycles. The Morgan fingerprint density at radius 2 is 1.70 bits per heavy atom. The minimum absolute atomic E-state index is 0.0364. The van der Waals surface area contributed by atoms with Crippen LogP contribution in [0.15, 0.2) is 24.3 Å². The largest absolute Gasteiger partial charge is 0.404 e. The van der Waals surface area contributed by atoms with Crippen LogP contribution in [0.2, 0.25) is 0 Å². The Morgan fingerprint density at radius 3 is 2.30 bits per heavy atom. The van der Waals surface area contributed by atoms with E-state index in [1.54, 1.807) is 17.0 Å². The summed E-state index contributed by atoms with van der Waals surface area (Å²) in [6.45, 7) is 0.404. The van der Waals surface area contributed by atoms with Crippen LogP contribution in [0.25, 0.3) is 0 Å². The van der Waals surface area contributed by atoms with Crippen LogP contribution in [-0.2, 0) is 16.4 Å². The number of hydrogen-bond donors (Lipinski definition) is 0. The molecule has 0 unspecified atom stereocenters. The maximum atomic E-state index is 12.9. The second-order valence-corrected chi connectivity index (χ2v) is 8.75. The van der Waals surface area contributed by atoms with Crippen LogP contribution in [0.5, 0.6) is 0 Å². The Kier molecular flexibility index (Phi) is 5.68. The lowest BCUT2D eigenvalue weighted by molar-refractivity contribution is -0.107. The second kappa shape index (κ2) is 7.68. The molecule has 0 atom stereocenters. The fraction of sp³-hybridized carbons (Fsp3) is 0.467. The fourth-order valence-electron chi connectivity index (χ4n) is 2.69. The molecule has 6 nitrogen and oxygen atoms in total. The summed E-state index contributed by atoms with van der Waals surface area (Å²) in [5.74, 6) is -1.63. The van der Waals surface area contributed by atoms with Crippen molar-refractivity contribution in [3.05, 3.63) is 41.5 Å². The van der Waals surface area contributed by atoms with Crippen molar-refractivity contribution in [1.82, 2.24) is 13.7 Å². The standard InChI is InChI=1S/C15H16F4N4O2S2/c16-12-3-1-11(2-4-12)9-13-20-14(26-21-13)22-5-7-23(8-6-22)27(24,25)10-15(17,18)19/h1-4H,5-10H2. The van der Waals surface area contributed by atoms with E-state index in [9.17, 15) is 26.0 Å². The third-order valence-corrected chi connectivity index (χ3v) is 6.64. The van der Waals surface area contributed by atoms with Crippen LogP contribution in [0.4, 0.5) is 22.7 Å². The van der Waals surface area contributed by atoms with Crippen LogP contribution >= 0.6 is 11.5 Å². The molecule has 12 heteroatoms. The quantitative estimate of drug-likeness (QED) is 0.689. The second-order valence-electron chi connectivity index (χ2n) is 6.05. The van der Waals surface area contributed by atoms with E-state index in [0.29, 0.717) is 17.4 Å². The van der Waals surface area contributed by atoms with E-state index in [1.807, 2.05) is 0 Å². The Morgan fingerprint density at radius 1 is 1.07 bits per heavy atom. The number of rotatable bonds is 5. The Labute approximate surface area is 157 Å². The smallest absolute Gasteiger partial charge is 0.344 e. The SMILES string of the molecule is O=S(=O)(CC(F)(F)F)N1CCN(c2nc(Cc3ccc(F)cc3)ns2)CC1. The van der Waals surface area contributed by atoms with Gasteiger partial charge in [0.05, 0.1) is 0 Å². The summed E-state index contributed by atoms with van der Waals surface area (Å²) in [4.78, 5) is 6.19. The van der Waals surface area contributed by atoms with Crippen molar-refractivity contribution in [1.29, 1.82) is 0 Å². The number of hydrogen-bond acceptors (Lipinski definition) is 6. The van der Waals surface area contributed by atoms with Gasteiger partial charge < -0.3 is 4.90 Å². The molecule has 1 aromatic carbocycles. The first-order chi connectivity index (χ1) is 12.6. The van der Waals surface area contributed by atoms with E-state index in [2.05, 4.69) is 9.36 Å². The average Bonchev–Trinajstić information content (AvgIpc) is 3.03. The topological polar surface area (TPSA) is 66.4 Å². The molecule has 3 rings (SSSR count). The average molecular weight is 424 g/mol. The third kappa shape index (κ3) is 5.36. The van der Waals surface area contributed by atoms with Gasteiger partial charge in [0.15, 0.2) is 5.75 Å². The van der Waals surface area contributed by atoms with E-state index in [-0.39, 0.29) is 32.0 Å². The van der Waals surface area contributed by atoms with Crippen molar-refractivity contribution >= 4 is 26.7 Å². The first kappa shape index (κ1) is 20.0. The van der Waals surface area contributed by atoms with Crippen LogP contribution < -0.4 is 4.90 Å². The Balaban J connectivity index is 1.59. The molecule has 0 amide bonds. The lowest BCUT2D eigenvalue weighted by atomic mass is 10.1. The van der Waals surface area contributed by atoms with Gasteiger partial charge in [-0.05, 0) is 17.7 Å². The van der Waals surface area contributed by atoms with Gasteiger partial charge in [0.2, 0.25) is 15.2 Å². The molecular weight excluding hydrogens is 408 g/mol. The molecule has 0 radical (unpaired) electrons. The maximum absolute atomic E-state index is 12.9. The molecule has 2 aromatic rings. The van der Waals surface area contributed by atoms with Crippen molar-refractivity contribution in [2.24, 2.45) is 0 Å². The zero-order valence-electron chi connectivity index (χ0n) is 14.0. The Bertz CT molecular complexity index is 876. The molecule has 1 aromatic heterocycles. The highest BCUT2D eigenvalue weighted by Gasteiger charge is 2.39. The monoisotopic (exact) mass is 424 g/mol. The zero-order chi connectivity index (χ0) is 19.7. The van der Waals surface area contributed by atoms with E-state index >= 15 is 0 Å². The number of aromatic nitrogens is 2. The number of alkyl halides is 3. The van der Waals surface area contributed by atoms with Gasteiger partial charge >= 0.3 is 6.18 Å². The van der Waals surface area contributed by atoms with Gasteiger partial charge in [0, 0.05) is 44.1 Å². The minimum atomic E-state index is -4.76. The van der Waals surface area contributed by atoms with Gasteiger partial charge in [-0.2, -0.15) is 21.9 Å². The van der Waals surface area contributed by atoms with Crippen LogP contribution in [0, 0.1) is 5.82 Å². The molecule has 0 aliphatic carbocycles. The first-order valence-corrected chi connectivity index (χ1v) is 10.4. The summed E-state index contributed by atoms with van der Waals surface area (Å²) >= 11 is 1.14. The van der Waals surface area contributed by atoms with Gasteiger partial charge in [0.25, 0.3) is 0 Å². The lowest BCUT2D eigenvalue weighted by Gasteiger charge is -2.33. The number of benzene rings is 1. The number of anilines is 1. The highest BCUT2D eigenvalue weighted by Crippen LogP contribution is 2.24. The van der Waals surface area contributed by atoms with Gasteiger partial charge in [-0.15, -0.1) is 0 Å². The van der Waals surface area contributed by atoms with E-state index in [0.717, 1.165) is 21.4 Å². The molecule has 0 bridgehead atoms. The van der Waals surface area contributed by atoms with Crippen LogP contribution in [0.1, 0.15) is 11.4 Å². The summed E-state index contributed by atoms with van der Waals surface area (Å²) in [6, 6.07) is 5.98.